The van der Waals surface area contributed by atoms with E-state index in [4.69, 9.17) is 0 Å². The van der Waals surface area contributed by atoms with Crippen LogP contribution in [0.3, 0.4) is 0 Å². The van der Waals surface area contributed by atoms with Crippen LogP contribution in [0.1, 0.15) is 40.5 Å². The highest BCUT2D eigenvalue weighted by atomic mass is 32.2. The Morgan fingerprint density at radius 2 is 1.62 bits per heavy atom. The van der Waals surface area contributed by atoms with E-state index in [1.54, 1.807) is 26.0 Å². The molecule has 0 aliphatic heterocycles. The van der Waals surface area contributed by atoms with E-state index < -0.39 is 10.0 Å². The van der Waals surface area contributed by atoms with Gasteiger partial charge in [0.15, 0.2) is 0 Å². The summed E-state index contributed by atoms with van der Waals surface area (Å²) < 4.78 is 26.5. The minimum atomic E-state index is -3.49. The van der Waals surface area contributed by atoms with Crippen molar-refractivity contribution in [2.45, 2.75) is 51.5 Å². The van der Waals surface area contributed by atoms with Crippen molar-refractivity contribution in [2.75, 3.05) is 5.32 Å². The van der Waals surface area contributed by atoms with Gasteiger partial charge in [0, 0.05) is 17.6 Å². The molecule has 21 heavy (non-hydrogen) atoms. The van der Waals surface area contributed by atoms with E-state index in [1.165, 1.54) is 12.1 Å². The molecule has 0 saturated heterocycles. The number of carbonyl (C=O) groups excluding carboxylic acids is 1. The lowest BCUT2D eigenvalue weighted by Crippen LogP contribution is -2.30. The molecule has 0 aromatic heterocycles. The van der Waals surface area contributed by atoms with Crippen LogP contribution >= 0.6 is 0 Å². The Labute approximate surface area is 127 Å². The van der Waals surface area contributed by atoms with Gasteiger partial charge in [-0.1, -0.05) is 13.8 Å². The minimum Gasteiger partial charge on any atom is -0.326 e. The van der Waals surface area contributed by atoms with Gasteiger partial charge in [0.1, 0.15) is 0 Å². The van der Waals surface area contributed by atoms with Crippen molar-refractivity contribution >= 4 is 21.6 Å². The van der Waals surface area contributed by atoms with Gasteiger partial charge in [-0.05, 0) is 51.0 Å². The first-order valence-corrected chi connectivity index (χ1v) is 8.71. The third kappa shape index (κ3) is 5.13. The smallest absolute Gasteiger partial charge is 0.240 e. The number of sulfonamides is 1. The zero-order valence-corrected chi connectivity index (χ0v) is 13.8. The Hall–Kier alpha value is -1.40. The number of amides is 1. The third-order valence-electron chi connectivity index (χ3n) is 3.18. The first-order chi connectivity index (χ1) is 9.80. The largest absolute Gasteiger partial charge is 0.326 e. The lowest BCUT2D eigenvalue weighted by Gasteiger charge is -2.13. The first-order valence-electron chi connectivity index (χ1n) is 7.23. The van der Waals surface area contributed by atoms with Crippen LogP contribution in [-0.2, 0) is 14.8 Å². The predicted octanol–water partition coefficient (Wildman–Crippen LogP) is 2.75. The lowest BCUT2D eigenvalue weighted by atomic mass is 10.0. The quantitative estimate of drug-likeness (QED) is 0.813. The molecule has 1 aromatic rings. The summed E-state index contributed by atoms with van der Waals surface area (Å²) in [6.07, 6.45) is 1.57. The fourth-order valence-electron chi connectivity index (χ4n) is 2.00. The molecular weight excluding hydrogens is 288 g/mol. The summed E-state index contributed by atoms with van der Waals surface area (Å²) in [6, 6.07) is 6.04. The van der Waals surface area contributed by atoms with Crippen LogP contribution in [0.5, 0.6) is 0 Å². The van der Waals surface area contributed by atoms with Crippen LogP contribution in [0.15, 0.2) is 29.2 Å². The second-order valence-corrected chi connectivity index (χ2v) is 7.02. The van der Waals surface area contributed by atoms with Gasteiger partial charge >= 0.3 is 0 Å². The molecular formula is C15H24N2O3S. The van der Waals surface area contributed by atoms with Crippen molar-refractivity contribution in [1.82, 2.24) is 4.72 Å². The van der Waals surface area contributed by atoms with Gasteiger partial charge in [0.2, 0.25) is 15.9 Å². The summed E-state index contributed by atoms with van der Waals surface area (Å²) in [5, 5.41) is 2.81. The third-order valence-corrected chi connectivity index (χ3v) is 4.85. The van der Waals surface area contributed by atoms with Gasteiger partial charge in [-0.2, -0.15) is 0 Å². The van der Waals surface area contributed by atoms with Crippen molar-refractivity contribution in [2.24, 2.45) is 5.92 Å². The van der Waals surface area contributed by atoms with Crippen molar-refractivity contribution in [3.05, 3.63) is 24.3 Å². The fourth-order valence-corrected chi connectivity index (χ4v) is 3.25. The van der Waals surface area contributed by atoms with Gasteiger partial charge in [-0.25, -0.2) is 13.1 Å². The highest BCUT2D eigenvalue weighted by Crippen LogP contribution is 2.16. The van der Waals surface area contributed by atoms with Gasteiger partial charge in [0.25, 0.3) is 0 Å². The van der Waals surface area contributed by atoms with Crippen LogP contribution in [0.4, 0.5) is 5.69 Å². The monoisotopic (exact) mass is 312 g/mol. The zero-order chi connectivity index (χ0) is 16.0. The van der Waals surface area contributed by atoms with Gasteiger partial charge < -0.3 is 5.32 Å². The molecule has 0 spiro atoms. The maximum Gasteiger partial charge on any atom is 0.240 e. The molecule has 5 nitrogen and oxygen atoms in total. The second-order valence-electron chi connectivity index (χ2n) is 5.30. The van der Waals surface area contributed by atoms with E-state index in [1.807, 2.05) is 13.8 Å². The molecule has 1 amide bonds. The number of rotatable bonds is 7. The van der Waals surface area contributed by atoms with E-state index in [-0.39, 0.29) is 22.8 Å². The highest BCUT2D eigenvalue weighted by molar-refractivity contribution is 7.89. The maximum atomic E-state index is 12.0. The molecule has 0 fully saturated rings. The van der Waals surface area contributed by atoms with Gasteiger partial charge in [-0.3, -0.25) is 4.79 Å². The van der Waals surface area contributed by atoms with Gasteiger partial charge in [0.05, 0.1) is 4.90 Å². The van der Waals surface area contributed by atoms with E-state index >= 15 is 0 Å². The molecule has 0 saturated carbocycles. The average Bonchev–Trinajstić information content (AvgIpc) is 2.39. The molecule has 0 radical (unpaired) electrons. The summed E-state index contributed by atoms with van der Waals surface area (Å²) >= 11 is 0. The Balaban J connectivity index is 2.81. The summed E-state index contributed by atoms with van der Waals surface area (Å²) in [5.74, 6) is -0.0491. The zero-order valence-electron chi connectivity index (χ0n) is 13.0. The summed E-state index contributed by atoms with van der Waals surface area (Å²) in [4.78, 5) is 12.2. The minimum absolute atomic E-state index is 0.0176. The van der Waals surface area contributed by atoms with E-state index in [0.717, 1.165) is 12.8 Å². The molecule has 1 rings (SSSR count). The molecule has 6 heteroatoms. The Bertz CT molecular complexity index is 561. The molecule has 0 aliphatic rings. The number of nitrogens with one attached hydrogen (secondary N) is 2. The highest BCUT2D eigenvalue weighted by Gasteiger charge is 2.16. The molecule has 2 N–H and O–H groups in total. The Morgan fingerprint density at radius 3 is 2.05 bits per heavy atom. The standard InChI is InChI=1S/C15H24N2O3S/c1-5-12(6-2)15(18)16-13-7-9-14(10-8-13)21(19,20)17-11(3)4/h7-12,17H,5-6H2,1-4H3,(H,16,18). The molecule has 118 valence electrons. The van der Waals surface area contributed by atoms with Crippen LogP contribution in [0, 0.1) is 5.92 Å². The van der Waals surface area contributed by atoms with Crippen LogP contribution in [0.2, 0.25) is 0 Å². The number of carbonyl (C=O) groups is 1. The van der Waals surface area contributed by atoms with Crippen molar-refractivity contribution < 1.29 is 13.2 Å². The molecule has 0 aliphatic carbocycles. The van der Waals surface area contributed by atoms with Gasteiger partial charge in [-0.15, -0.1) is 0 Å². The normalized spacial score (nSPS) is 11.9. The Morgan fingerprint density at radius 1 is 1.10 bits per heavy atom. The van der Waals surface area contributed by atoms with Crippen molar-refractivity contribution in [3.8, 4) is 0 Å². The first kappa shape index (κ1) is 17.7. The Kier molecular flexibility index (Phi) is 6.36. The summed E-state index contributed by atoms with van der Waals surface area (Å²) in [5.41, 5.74) is 0.607. The van der Waals surface area contributed by atoms with Crippen LogP contribution in [-0.4, -0.2) is 20.4 Å². The summed E-state index contributed by atoms with van der Waals surface area (Å²) in [7, 11) is -3.49. The molecule has 0 atom stereocenters. The van der Waals surface area contributed by atoms with E-state index in [0.29, 0.717) is 5.69 Å². The number of benzene rings is 1. The number of anilines is 1. The predicted molar refractivity (Wildman–Crippen MR) is 84.6 cm³/mol. The lowest BCUT2D eigenvalue weighted by molar-refractivity contribution is -0.120. The molecule has 0 heterocycles. The van der Waals surface area contributed by atoms with Crippen molar-refractivity contribution in [3.63, 3.8) is 0 Å². The van der Waals surface area contributed by atoms with Crippen LogP contribution in [0.25, 0.3) is 0 Å². The summed E-state index contributed by atoms with van der Waals surface area (Å²) in [6.45, 7) is 7.48. The van der Waals surface area contributed by atoms with E-state index in [2.05, 4.69) is 10.0 Å². The SMILES string of the molecule is CCC(CC)C(=O)Nc1ccc(S(=O)(=O)NC(C)C)cc1. The van der Waals surface area contributed by atoms with E-state index in [9.17, 15) is 13.2 Å². The topological polar surface area (TPSA) is 75.3 Å². The molecule has 0 bridgehead atoms. The average molecular weight is 312 g/mol. The fraction of sp³-hybridized carbons (Fsp3) is 0.533. The number of hydrogen-bond donors (Lipinski definition) is 2. The second kappa shape index (κ2) is 7.56. The number of hydrogen-bond acceptors (Lipinski definition) is 3. The molecule has 1 aromatic carbocycles. The molecule has 0 unspecified atom stereocenters. The maximum absolute atomic E-state index is 12.0. The van der Waals surface area contributed by atoms with Crippen molar-refractivity contribution in [1.29, 1.82) is 0 Å². The van der Waals surface area contributed by atoms with Crippen LogP contribution < -0.4 is 10.0 Å².